The average Bonchev–Trinajstić information content (AvgIpc) is 3.32. The van der Waals surface area contributed by atoms with Crippen LogP contribution in [0.3, 0.4) is 0 Å². The van der Waals surface area contributed by atoms with Crippen molar-refractivity contribution in [2.24, 2.45) is 0 Å². The Morgan fingerprint density at radius 2 is 1.93 bits per heavy atom. The highest BCUT2D eigenvalue weighted by molar-refractivity contribution is 7.20. The first-order valence-electron chi connectivity index (χ1n) is 9.23. The van der Waals surface area contributed by atoms with E-state index in [1.165, 1.54) is 11.3 Å². The van der Waals surface area contributed by atoms with Gasteiger partial charge in [-0.25, -0.2) is 9.78 Å². The maximum absolute atomic E-state index is 12.6. The van der Waals surface area contributed by atoms with Crippen molar-refractivity contribution in [3.8, 4) is 10.4 Å². The van der Waals surface area contributed by atoms with Crippen LogP contribution in [0.1, 0.15) is 23.0 Å². The zero-order chi connectivity index (χ0) is 20.2. The zero-order valence-corrected chi connectivity index (χ0v) is 16.6. The molecule has 0 saturated heterocycles. The lowest BCUT2D eigenvalue weighted by Crippen LogP contribution is -2.16. The highest BCUT2D eigenvalue weighted by atomic mass is 32.1. The molecule has 0 atom stereocenters. The minimum absolute atomic E-state index is 0.114. The monoisotopic (exact) mass is 405 g/mol. The van der Waals surface area contributed by atoms with Crippen molar-refractivity contribution in [2.45, 2.75) is 13.3 Å². The lowest BCUT2D eigenvalue weighted by molar-refractivity contribution is -0.115. The quantitative estimate of drug-likeness (QED) is 0.482. The number of carbonyl (C=O) groups excluding carboxylic acids is 2. The number of ether oxygens (including phenoxy) is 1. The second-order valence-electron chi connectivity index (χ2n) is 6.36. The summed E-state index contributed by atoms with van der Waals surface area (Å²) in [5.74, 6) is -0.686. The lowest BCUT2D eigenvalue weighted by atomic mass is 10.1. The Labute approximate surface area is 171 Å². The van der Waals surface area contributed by atoms with Crippen molar-refractivity contribution in [3.63, 3.8) is 0 Å². The third kappa shape index (κ3) is 4.20. The van der Waals surface area contributed by atoms with Crippen LogP contribution in [-0.2, 0) is 16.0 Å². The molecule has 0 aliphatic carbocycles. The molecular weight excluding hydrogens is 386 g/mol. The zero-order valence-electron chi connectivity index (χ0n) is 15.8. The molecule has 0 aliphatic rings. The van der Waals surface area contributed by atoms with E-state index in [1.807, 2.05) is 65.3 Å². The molecule has 1 amide bonds. The molecular formula is C22H19N3O3S. The number of carbonyl (C=O) groups is 2. The van der Waals surface area contributed by atoms with Gasteiger partial charge in [-0.1, -0.05) is 36.4 Å². The fourth-order valence-corrected chi connectivity index (χ4v) is 4.06. The van der Waals surface area contributed by atoms with Crippen LogP contribution in [-0.4, -0.2) is 27.9 Å². The van der Waals surface area contributed by atoms with Crippen LogP contribution in [0.2, 0.25) is 0 Å². The number of hydrogen-bond donors (Lipinski definition) is 1. The highest BCUT2D eigenvalue weighted by Gasteiger charge is 2.20. The number of pyridine rings is 1. The number of nitrogens with one attached hydrogen (secondary N) is 1. The average molecular weight is 405 g/mol. The van der Waals surface area contributed by atoms with Gasteiger partial charge in [0.25, 0.3) is 0 Å². The molecule has 0 saturated carbocycles. The third-order valence-corrected chi connectivity index (χ3v) is 5.39. The predicted molar refractivity (Wildman–Crippen MR) is 113 cm³/mol. The largest absolute Gasteiger partial charge is 0.462 e. The Bertz CT molecular complexity index is 1130. The number of benzene rings is 1. The number of fused-ring (bicyclic) bond motifs is 1. The van der Waals surface area contributed by atoms with Crippen molar-refractivity contribution < 1.29 is 14.3 Å². The summed E-state index contributed by atoms with van der Waals surface area (Å²) < 4.78 is 7.02. The Kier molecular flexibility index (Phi) is 5.39. The van der Waals surface area contributed by atoms with Crippen molar-refractivity contribution in [1.29, 1.82) is 0 Å². The Balaban J connectivity index is 1.58. The minimum Gasteiger partial charge on any atom is -0.462 e. The van der Waals surface area contributed by atoms with Crippen molar-refractivity contribution in [1.82, 2.24) is 9.38 Å². The van der Waals surface area contributed by atoms with E-state index in [0.29, 0.717) is 16.3 Å². The van der Waals surface area contributed by atoms with Gasteiger partial charge in [-0.05, 0) is 30.7 Å². The smallest absolute Gasteiger partial charge is 0.341 e. The van der Waals surface area contributed by atoms with Gasteiger partial charge < -0.3 is 14.5 Å². The molecule has 0 bridgehead atoms. The van der Waals surface area contributed by atoms with Gasteiger partial charge in [0.1, 0.15) is 10.6 Å². The van der Waals surface area contributed by atoms with Crippen molar-refractivity contribution >= 4 is 33.9 Å². The molecule has 3 aromatic heterocycles. The molecule has 3 heterocycles. The molecule has 6 nitrogen and oxygen atoms in total. The minimum atomic E-state index is -0.450. The summed E-state index contributed by atoms with van der Waals surface area (Å²) in [4.78, 5) is 30.3. The maximum atomic E-state index is 12.6. The first-order valence-corrected chi connectivity index (χ1v) is 10.0. The lowest BCUT2D eigenvalue weighted by Gasteiger charge is -2.05. The van der Waals surface area contributed by atoms with Crippen LogP contribution in [0.4, 0.5) is 5.00 Å². The SMILES string of the molecule is CCOC(=O)c1cc(-c2ccccc2)sc1NC(=O)Cc1cn2ccccc2n1. The molecule has 7 heteroatoms. The summed E-state index contributed by atoms with van der Waals surface area (Å²) in [6, 6.07) is 17.2. The van der Waals surface area contributed by atoms with Crippen LogP contribution in [0.5, 0.6) is 0 Å². The summed E-state index contributed by atoms with van der Waals surface area (Å²) in [6.07, 6.45) is 3.82. The molecule has 1 N–H and O–H groups in total. The molecule has 1 aromatic carbocycles. The highest BCUT2D eigenvalue weighted by Crippen LogP contribution is 2.36. The van der Waals surface area contributed by atoms with E-state index in [9.17, 15) is 9.59 Å². The van der Waals surface area contributed by atoms with Crippen LogP contribution in [0.25, 0.3) is 16.1 Å². The van der Waals surface area contributed by atoms with Gasteiger partial charge in [0.15, 0.2) is 0 Å². The van der Waals surface area contributed by atoms with Crippen LogP contribution in [0.15, 0.2) is 67.0 Å². The normalized spacial score (nSPS) is 10.8. The molecule has 29 heavy (non-hydrogen) atoms. The fraction of sp³-hybridized carbons (Fsp3) is 0.136. The number of thiophene rings is 1. The number of aromatic nitrogens is 2. The third-order valence-electron chi connectivity index (χ3n) is 4.29. The first-order chi connectivity index (χ1) is 14.1. The van der Waals surface area contributed by atoms with Gasteiger partial charge in [-0.15, -0.1) is 11.3 Å². The van der Waals surface area contributed by atoms with Gasteiger partial charge in [0.2, 0.25) is 5.91 Å². The number of nitrogens with zero attached hydrogens (tertiary/aromatic N) is 2. The topological polar surface area (TPSA) is 72.7 Å². The molecule has 146 valence electrons. The maximum Gasteiger partial charge on any atom is 0.341 e. The number of rotatable bonds is 6. The number of anilines is 1. The van der Waals surface area contributed by atoms with Gasteiger partial charge in [-0.3, -0.25) is 4.79 Å². The summed E-state index contributed by atoms with van der Waals surface area (Å²) in [7, 11) is 0. The second-order valence-corrected chi connectivity index (χ2v) is 7.42. The van der Waals surface area contributed by atoms with Crippen LogP contribution < -0.4 is 5.32 Å². The molecule has 0 unspecified atom stereocenters. The molecule has 4 rings (SSSR count). The van der Waals surface area contributed by atoms with E-state index in [1.54, 1.807) is 13.0 Å². The number of imidazole rings is 1. The molecule has 0 aliphatic heterocycles. The van der Waals surface area contributed by atoms with E-state index in [0.717, 1.165) is 16.1 Å². The predicted octanol–water partition coefficient (Wildman–Crippen LogP) is 4.42. The molecule has 0 spiro atoms. The van der Waals surface area contributed by atoms with Crippen LogP contribution >= 0.6 is 11.3 Å². The second kappa shape index (κ2) is 8.28. The molecule has 0 radical (unpaired) electrons. The van der Waals surface area contributed by atoms with E-state index >= 15 is 0 Å². The Hall–Kier alpha value is -3.45. The van der Waals surface area contributed by atoms with Crippen molar-refractivity contribution in [2.75, 3.05) is 11.9 Å². The van der Waals surface area contributed by atoms with Gasteiger partial charge in [0.05, 0.1) is 24.3 Å². The molecule has 0 fully saturated rings. The summed E-state index contributed by atoms with van der Waals surface area (Å²) in [5.41, 5.74) is 2.78. The number of hydrogen-bond acceptors (Lipinski definition) is 5. The summed E-state index contributed by atoms with van der Waals surface area (Å²) in [5, 5.41) is 3.34. The van der Waals surface area contributed by atoms with Crippen LogP contribution in [0, 0.1) is 0 Å². The van der Waals surface area contributed by atoms with Gasteiger partial charge >= 0.3 is 5.97 Å². The van der Waals surface area contributed by atoms with E-state index < -0.39 is 5.97 Å². The fourth-order valence-electron chi connectivity index (χ4n) is 3.00. The molecule has 4 aromatic rings. The number of esters is 1. The number of amides is 1. The Morgan fingerprint density at radius 1 is 1.14 bits per heavy atom. The van der Waals surface area contributed by atoms with Crippen molar-refractivity contribution in [3.05, 3.63) is 78.2 Å². The van der Waals surface area contributed by atoms with Gasteiger partial charge in [-0.2, -0.15) is 0 Å². The van der Waals surface area contributed by atoms with E-state index in [2.05, 4.69) is 10.3 Å². The summed E-state index contributed by atoms with van der Waals surface area (Å²) >= 11 is 1.35. The summed E-state index contributed by atoms with van der Waals surface area (Å²) in [6.45, 7) is 2.02. The first kappa shape index (κ1) is 18.9. The van der Waals surface area contributed by atoms with E-state index in [4.69, 9.17) is 4.74 Å². The standard InChI is InChI=1S/C22H19N3O3S/c1-2-28-22(27)17-13-18(15-8-4-3-5-9-15)29-21(17)24-20(26)12-16-14-25-11-7-6-10-19(25)23-16/h3-11,13-14H,2,12H2,1H3,(H,24,26). The van der Waals surface area contributed by atoms with E-state index in [-0.39, 0.29) is 18.9 Å². The Morgan fingerprint density at radius 3 is 2.69 bits per heavy atom. The van der Waals surface area contributed by atoms with Gasteiger partial charge in [0, 0.05) is 17.3 Å².